The van der Waals surface area contributed by atoms with Crippen molar-refractivity contribution in [3.05, 3.63) is 36.2 Å². The minimum Gasteiger partial charge on any atom is -0.483 e. The normalized spacial score (nSPS) is 11.9. The molecule has 0 amide bonds. The fourth-order valence-corrected chi connectivity index (χ4v) is 2.25. The molecule has 1 aromatic carbocycles. The lowest BCUT2D eigenvalue weighted by Crippen LogP contribution is -2.13. The van der Waals surface area contributed by atoms with Crippen molar-refractivity contribution in [2.24, 2.45) is 5.14 Å². The highest BCUT2D eigenvalue weighted by atomic mass is 32.2. The molecule has 7 nitrogen and oxygen atoms in total. The van der Waals surface area contributed by atoms with E-state index in [1.165, 1.54) is 18.5 Å². The van der Waals surface area contributed by atoms with Crippen LogP contribution < -0.4 is 9.88 Å². The number of hydrogen-bond donors (Lipinski definition) is 1. The molecule has 2 N–H and O–H groups in total. The summed E-state index contributed by atoms with van der Waals surface area (Å²) in [6.45, 7) is 3.88. The molecule has 0 bridgehead atoms. The molecule has 0 saturated carbocycles. The third-order valence-corrected chi connectivity index (χ3v) is 3.64. The molecule has 21 heavy (non-hydrogen) atoms. The van der Waals surface area contributed by atoms with E-state index in [0.29, 0.717) is 5.82 Å². The Morgan fingerprint density at radius 2 is 2.14 bits per heavy atom. The minimum absolute atomic E-state index is 0.0177. The molecular weight excluding hydrogens is 299 g/mol. The number of rotatable bonds is 5. The van der Waals surface area contributed by atoms with Crippen LogP contribution >= 0.6 is 0 Å². The summed E-state index contributed by atoms with van der Waals surface area (Å²) in [5, 5.41) is 8.96. The Bertz CT molecular complexity index is 743. The first kappa shape index (κ1) is 15.4. The van der Waals surface area contributed by atoms with Gasteiger partial charge in [-0.15, -0.1) is 0 Å². The van der Waals surface area contributed by atoms with Crippen LogP contribution in [0.3, 0.4) is 0 Å². The van der Waals surface area contributed by atoms with E-state index < -0.39 is 15.8 Å². The molecule has 1 heterocycles. The van der Waals surface area contributed by atoms with Gasteiger partial charge in [-0.1, -0.05) is 0 Å². The Hall–Kier alpha value is -2.00. The zero-order valence-corrected chi connectivity index (χ0v) is 12.3. The first-order valence-electron chi connectivity index (χ1n) is 6.12. The molecule has 0 spiro atoms. The van der Waals surface area contributed by atoms with Crippen LogP contribution in [0.25, 0.3) is 0 Å². The van der Waals surface area contributed by atoms with E-state index in [9.17, 15) is 12.8 Å². The molecule has 1 aromatic heterocycles. The molecule has 0 aliphatic rings. The lowest BCUT2D eigenvalue weighted by Gasteiger charge is -2.11. The topological polar surface area (TPSA) is 100 Å². The molecule has 0 atom stereocenters. The number of nitrogens with two attached hydrogens (primary N) is 1. The molecule has 0 radical (unpaired) electrons. The molecule has 0 saturated heterocycles. The number of aromatic nitrogens is 3. The van der Waals surface area contributed by atoms with Crippen LogP contribution in [0.5, 0.6) is 5.75 Å². The van der Waals surface area contributed by atoms with Crippen LogP contribution in [-0.2, 0) is 16.6 Å². The van der Waals surface area contributed by atoms with Crippen LogP contribution in [0.4, 0.5) is 4.39 Å². The predicted molar refractivity (Wildman–Crippen MR) is 72.5 cm³/mol. The second kappa shape index (κ2) is 5.78. The van der Waals surface area contributed by atoms with Crippen molar-refractivity contribution >= 4 is 10.0 Å². The molecule has 0 fully saturated rings. The SMILES string of the molecule is CC(C)n1ncnc1COc1ccc(S(N)(=O)=O)cc1F. The summed E-state index contributed by atoms with van der Waals surface area (Å²) < 4.78 is 43.0. The molecule has 0 unspecified atom stereocenters. The minimum atomic E-state index is -3.94. The van der Waals surface area contributed by atoms with Gasteiger partial charge in [0.1, 0.15) is 12.9 Å². The Morgan fingerprint density at radius 1 is 1.43 bits per heavy atom. The van der Waals surface area contributed by atoms with Crippen molar-refractivity contribution in [2.45, 2.75) is 31.4 Å². The van der Waals surface area contributed by atoms with E-state index in [1.54, 1.807) is 4.68 Å². The molecular formula is C12H15FN4O3S. The van der Waals surface area contributed by atoms with Crippen LogP contribution in [-0.4, -0.2) is 23.2 Å². The highest BCUT2D eigenvalue weighted by molar-refractivity contribution is 7.89. The van der Waals surface area contributed by atoms with Crippen molar-refractivity contribution in [1.29, 1.82) is 0 Å². The summed E-state index contributed by atoms with van der Waals surface area (Å²) >= 11 is 0. The van der Waals surface area contributed by atoms with Gasteiger partial charge in [0, 0.05) is 6.04 Å². The van der Waals surface area contributed by atoms with Gasteiger partial charge in [0.2, 0.25) is 10.0 Å². The smallest absolute Gasteiger partial charge is 0.238 e. The van der Waals surface area contributed by atoms with Gasteiger partial charge < -0.3 is 4.74 Å². The van der Waals surface area contributed by atoms with E-state index in [4.69, 9.17) is 9.88 Å². The fourth-order valence-electron chi connectivity index (χ4n) is 1.73. The summed E-state index contributed by atoms with van der Waals surface area (Å²) in [5.41, 5.74) is 0. The second-order valence-corrected chi connectivity index (χ2v) is 6.20. The predicted octanol–water partition coefficient (Wildman–Crippen LogP) is 1.22. The fraction of sp³-hybridized carbons (Fsp3) is 0.333. The summed E-state index contributed by atoms with van der Waals surface area (Å²) in [5.74, 6) is -0.349. The van der Waals surface area contributed by atoms with Crippen LogP contribution in [0.1, 0.15) is 25.7 Å². The number of halogens is 1. The summed E-state index contributed by atoms with van der Waals surface area (Å²) in [7, 11) is -3.94. The highest BCUT2D eigenvalue weighted by Gasteiger charge is 2.14. The van der Waals surface area contributed by atoms with Gasteiger partial charge in [-0.3, -0.25) is 0 Å². The maximum Gasteiger partial charge on any atom is 0.238 e. The Balaban J connectivity index is 2.16. The van der Waals surface area contributed by atoms with Crippen LogP contribution in [0, 0.1) is 5.82 Å². The van der Waals surface area contributed by atoms with E-state index >= 15 is 0 Å². The Morgan fingerprint density at radius 3 is 2.71 bits per heavy atom. The number of ether oxygens (including phenoxy) is 1. The standard InChI is InChI=1S/C12H15FN4O3S/c1-8(2)17-12(15-7-16-17)6-20-11-4-3-9(5-10(11)13)21(14,18)19/h3-5,7-8H,6H2,1-2H3,(H2,14,18,19). The number of hydrogen-bond acceptors (Lipinski definition) is 5. The largest absolute Gasteiger partial charge is 0.483 e. The first-order chi connectivity index (χ1) is 9.79. The molecule has 2 rings (SSSR count). The van der Waals surface area contributed by atoms with Crippen molar-refractivity contribution in [3.8, 4) is 5.75 Å². The third-order valence-electron chi connectivity index (χ3n) is 2.73. The Kier molecular flexibility index (Phi) is 4.24. The van der Waals surface area contributed by atoms with E-state index in [1.807, 2.05) is 13.8 Å². The molecule has 9 heteroatoms. The summed E-state index contributed by atoms with van der Waals surface area (Å²) in [6.07, 6.45) is 1.39. The average molecular weight is 314 g/mol. The van der Waals surface area contributed by atoms with Crippen molar-refractivity contribution in [2.75, 3.05) is 0 Å². The second-order valence-electron chi connectivity index (χ2n) is 4.64. The molecule has 0 aliphatic carbocycles. The first-order valence-corrected chi connectivity index (χ1v) is 7.67. The quantitative estimate of drug-likeness (QED) is 0.894. The van der Waals surface area contributed by atoms with E-state index in [-0.39, 0.29) is 23.3 Å². The van der Waals surface area contributed by atoms with Crippen molar-refractivity contribution in [1.82, 2.24) is 14.8 Å². The third kappa shape index (κ3) is 3.56. The van der Waals surface area contributed by atoms with Gasteiger partial charge in [-0.25, -0.2) is 27.6 Å². The van der Waals surface area contributed by atoms with E-state index in [0.717, 1.165) is 6.07 Å². The lowest BCUT2D eigenvalue weighted by molar-refractivity contribution is 0.269. The number of nitrogens with zero attached hydrogens (tertiary/aromatic N) is 3. The van der Waals surface area contributed by atoms with E-state index in [2.05, 4.69) is 10.1 Å². The number of benzene rings is 1. The van der Waals surface area contributed by atoms with Gasteiger partial charge >= 0.3 is 0 Å². The van der Waals surface area contributed by atoms with Crippen molar-refractivity contribution in [3.63, 3.8) is 0 Å². The number of primary sulfonamides is 1. The van der Waals surface area contributed by atoms with Crippen molar-refractivity contribution < 1.29 is 17.5 Å². The zero-order valence-electron chi connectivity index (χ0n) is 11.5. The maximum absolute atomic E-state index is 13.8. The molecule has 114 valence electrons. The van der Waals surface area contributed by atoms with Gasteiger partial charge in [-0.05, 0) is 32.0 Å². The van der Waals surface area contributed by atoms with Gasteiger partial charge in [0.25, 0.3) is 0 Å². The maximum atomic E-state index is 13.8. The highest BCUT2D eigenvalue weighted by Crippen LogP contribution is 2.21. The zero-order chi connectivity index (χ0) is 15.6. The lowest BCUT2D eigenvalue weighted by atomic mass is 10.3. The van der Waals surface area contributed by atoms with Gasteiger partial charge in [0.15, 0.2) is 17.4 Å². The molecule has 0 aliphatic heterocycles. The Labute approximate surface area is 121 Å². The monoisotopic (exact) mass is 314 g/mol. The van der Waals surface area contributed by atoms with Crippen LogP contribution in [0.2, 0.25) is 0 Å². The summed E-state index contributed by atoms with van der Waals surface area (Å²) in [4.78, 5) is 3.72. The van der Waals surface area contributed by atoms with Gasteiger partial charge in [-0.2, -0.15) is 5.10 Å². The summed E-state index contributed by atoms with van der Waals surface area (Å²) in [6, 6.07) is 3.31. The average Bonchev–Trinajstić information content (AvgIpc) is 2.84. The number of sulfonamides is 1. The van der Waals surface area contributed by atoms with Crippen LogP contribution in [0.15, 0.2) is 29.4 Å². The molecule has 2 aromatic rings. The van der Waals surface area contributed by atoms with Gasteiger partial charge in [0.05, 0.1) is 4.90 Å².